The highest BCUT2D eigenvalue weighted by atomic mass is 19.1. The van der Waals surface area contributed by atoms with Crippen LogP contribution in [0.1, 0.15) is 49.3 Å². The third-order valence-corrected chi connectivity index (χ3v) is 6.48. The summed E-state index contributed by atoms with van der Waals surface area (Å²) in [4.78, 5) is 28.7. The first kappa shape index (κ1) is 25.4. The molecule has 1 N–H and O–H groups in total. The molecule has 1 aliphatic carbocycles. The molecule has 1 saturated carbocycles. The van der Waals surface area contributed by atoms with Gasteiger partial charge in [0.2, 0.25) is 5.91 Å². The van der Waals surface area contributed by atoms with Gasteiger partial charge >= 0.3 is 0 Å². The minimum absolute atomic E-state index is 0.0110. The predicted molar refractivity (Wildman–Crippen MR) is 135 cm³/mol. The van der Waals surface area contributed by atoms with Gasteiger partial charge in [0, 0.05) is 11.7 Å². The van der Waals surface area contributed by atoms with Crippen molar-refractivity contribution in [1.29, 1.82) is 0 Å². The number of nitrogens with zero attached hydrogens (tertiary/aromatic N) is 1. The molecule has 36 heavy (non-hydrogen) atoms. The summed E-state index contributed by atoms with van der Waals surface area (Å²) in [6.07, 6.45) is 4.94. The molecular formula is C29H30F2N2O3. The minimum Gasteiger partial charge on any atom is -0.481 e. The molecule has 0 radical (unpaired) electrons. The summed E-state index contributed by atoms with van der Waals surface area (Å²) >= 11 is 0. The Kier molecular flexibility index (Phi) is 8.31. The van der Waals surface area contributed by atoms with E-state index in [1.807, 2.05) is 19.1 Å². The molecule has 3 aromatic rings. The number of ether oxygens (including phenoxy) is 1. The maximum absolute atomic E-state index is 14.3. The van der Waals surface area contributed by atoms with E-state index in [0.717, 1.165) is 37.7 Å². The van der Waals surface area contributed by atoms with E-state index in [0.29, 0.717) is 5.56 Å². The molecule has 1 atom stereocenters. The molecule has 4 rings (SSSR count). The summed E-state index contributed by atoms with van der Waals surface area (Å²) in [5, 5.41) is 3.12. The summed E-state index contributed by atoms with van der Waals surface area (Å²) in [5.74, 6) is -2.18. The van der Waals surface area contributed by atoms with E-state index in [2.05, 4.69) is 5.32 Å². The molecule has 0 spiro atoms. The van der Waals surface area contributed by atoms with Crippen molar-refractivity contribution in [3.8, 4) is 5.75 Å². The van der Waals surface area contributed by atoms with Crippen molar-refractivity contribution >= 4 is 17.5 Å². The van der Waals surface area contributed by atoms with Crippen molar-refractivity contribution in [2.24, 2.45) is 0 Å². The molecule has 3 aromatic carbocycles. The minimum atomic E-state index is -1.06. The van der Waals surface area contributed by atoms with Crippen LogP contribution >= 0.6 is 0 Å². The molecule has 0 saturated heterocycles. The van der Waals surface area contributed by atoms with Gasteiger partial charge in [0.15, 0.2) is 18.2 Å². The largest absolute Gasteiger partial charge is 0.481 e. The Balaban J connectivity index is 1.72. The molecule has 1 unspecified atom stereocenters. The number of nitrogens with one attached hydrogen (secondary N) is 1. The molecule has 7 heteroatoms. The van der Waals surface area contributed by atoms with E-state index in [1.54, 1.807) is 24.3 Å². The second kappa shape index (κ2) is 11.8. The lowest BCUT2D eigenvalue weighted by atomic mass is 9.93. The van der Waals surface area contributed by atoms with Crippen LogP contribution in [0.3, 0.4) is 0 Å². The Labute approximate surface area is 210 Å². The Morgan fingerprint density at radius 1 is 0.972 bits per heavy atom. The molecule has 5 nitrogen and oxygen atoms in total. The standard InChI is InChI=1S/C29H30F2N2O3/c1-20-10-5-6-15-24(20)28(29(35)32-22-12-3-2-4-13-22)33(23-14-9-11-21(30)18-23)27(34)19-36-26-17-8-7-16-25(26)31/h5-11,14-18,22,28H,2-4,12-13,19H2,1H3,(H,32,35). The van der Waals surface area contributed by atoms with E-state index in [1.165, 1.54) is 41.3 Å². The fourth-order valence-corrected chi connectivity index (χ4v) is 4.65. The zero-order valence-corrected chi connectivity index (χ0v) is 20.3. The van der Waals surface area contributed by atoms with Crippen molar-refractivity contribution in [2.75, 3.05) is 11.5 Å². The van der Waals surface area contributed by atoms with Crippen molar-refractivity contribution in [3.63, 3.8) is 0 Å². The molecule has 0 aliphatic heterocycles. The summed E-state index contributed by atoms with van der Waals surface area (Å²) in [7, 11) is 0. The van der Waals surface area contributed by atoms with Gasteiger partial charge in [-0.05, 0) is 61.2 Å². The van der Waals surface area contributed by atoms with Gasteiger partial charge in [-0.2, -0.15) is 0 Å². The van der Waals surface area contributed by atoms with E-state index in [-0.39, 0.29) is 23.4 Å². The zero-order chi connectivity index (χ0) is 25.5. The van der Waals surface area contributed by atoms with Crippen LogP contribution in [0.4, 0.5) is 14.5 Å². The number of anilines is 1. The average Bonchev–Trinajstić information content (AvgIpc) is 2.87. The van der Waals surface area contributed by atoms with Crippen molar-refractivity contribution in [3.05, 3.63) is 95.6 Å². The number of rotatable bonds is 8. The van der Waals surface area contributed by atoms with Gasteiger partial charge in [-0.15, -0.1) is 0 Å². The van der Waals surface area contributed by atoms with Gasteiger partial charge in [-0.3, -0.25) is 14.5 Å². The number of hydrogen-bond donors (Lipinski definition) is 1. The van der Waals surface area contributed by atoms with Crippen LogP contribution in [0.5, 0.6) is 5.75 Å². The van der Waals surface area contributed by atoms with Crippen LogP contribution in [-0.4, -0.2) is 24.5 Å². The fourth-order valence-electron chi connectivity index (χ4n) is 4.65. The molecule has 0 heterocycles. The van der Waals surface area contributed by atoms with Crippen LogP contribution in [-0.2, 0) is 9.59 Å². The third kappa shape index (κ3) is 6.08. The summed E-state index contributed by atoms with van der Waals surface area (Å²) < 4.78 is 33.9. The quantitative estimate of drug-likeness (QED) is 0.428. The number of halogens is 2. The highest BCUT2D eigenvalue weighted by molar-refractivity contribution is 6.02. The lowest BCUT2D eigenvalue weighted by Crippen LogP contribution is -2.48. The topological polar surface area (TPSA) is 58.6 Å². The predicted octanol–water partition coefficient (Wildman–Crippen LogP) is 5.88. The highest BCUT2D eigenvalue weighted by Gasteiger charge is 2.35. The number of aryl methyl sites for hydroxylation is 1. The Hall–Kier alpha value is -3.74. The number of benzene rings is 3. The average molecular weight is 493 g/mol. The van der Waals surface area contributed by atoms with Crippen LogP contribution in [0.2, 0.25) is 0 Å². The molecule has 1 aliphatic rings. The monoisotopic (exact) mass is 492 g/mol. The SMILES string of the molecule is Cc1ccccc1C(C(=O)NC1CCCCC1)N(C(=O)COc1ccccc1F)c1cccc(F)c1. The first-order valence-electron chi connectivity index (χ1n) is 12.2. The smallest absolute Gasteiger partial charge is 0.265 e. The van der Waals surface area contributed by atoms with Crippen LogP contribution in [0, 0.1) is 18.6 Å². The van der Waals surface area contributed by atoms with Crippen molar-refractivity contribution in [2.45, 2.75) is 51.1 Å². The highest BCUT2D eigenvalue weighted by Crippen LogP contribution is 2.31. The number of carbonyl (C=O) groups is 2. The lowest BCUT2D eigenvalue weighted by Gasteiger charge is -2.34. The van der Waals surface area contributed by atoms with E-state index in [4.69, 9.17) is 4.74 Å². The second-order valence-electron chi connectivity index (χ2n) is 9.07. The number of carbonyl (C=O) groups excluding carboxylic acids is 2. The molecule has 188 valence electrons. The summed E-state index contributed by atoms with van der Waals surface area (Å²) in [6.45, 7) is 1.33. The van der Waals surface area contributed by atoms with Gasteiger partial charge in [0.1, 0.15) is 11.9 Å². The van der Waals surface area contributed by atoms with Gasteiger partial charge in [0.05, 0.1) is 0 Å². The fraction of sp³-hybridized carbons (Fsp3) is 0.310. The van der Waals surface area contributed by atoms with Gasteiger partial charge in [-0.1, -0.05) is 61.7 Å². The molecule has 1 fully saturated rings. The van der Waals surface area contributed by atoms with Crippen LogP contribution in [0.25, 0.3) is 0 Å². The third-order valence-electron chi connectivity index (χ3n) is 6.48. The Morgan fingerprint density at radius 3 is 2.42 bits per heavy atom. The Bertz CT molecular complexity index is 1210. The molecule has 0 bridgehead atoms. The van der Waals surface area contributed by atoms with Gasteiger partial charge in [-0.25, -0.2) is 8.78 Å². The first-order valence-corrected chi connectivity index (χ1v) is 12.2. The lowest BCUT2D eigenvalue weighted by molar-refractivity contribution is -0.128. The molecule has 2 amide bonds. The van der Waals surface area contributed by atoms with Gasteiger partial charge < -0.3 is 10.1 Å². The number of para-hydroxylation sites is 1. The van der Waals surface area contributed by atoms with E-state index in [9.17, 15) is 18.4 Å². The van der Waals surface area contributed by atoms with Crippen LogP contribution in [0.15, 0.2) is 72.8 Å². The maximum atomic E-state index is 14.3. The number of hydrogen-bond acceptors (Lipinski definition) is 3. The number of amides is 2. The first-order chi connectivity index (χ1) is 17.4. The van der Waals surface area contributed by atoms with E-state index >= 15 is 0 Å². The summed E-state index contributed by atoms with van der Waals surface area (Å²) in [5.41, 5.74) is 1.64. The molecule has 0 aromatic heterocycles. The van der Waals surface area contributed by atoms with Crippen molar-refractivity contribution < 1.29 is 23.1 Å². The Morgan fingerprint density at radius 2 is 1.69 bits per heavy atom. The van der Waals surface area contributed by atoms with Gasteiger partial charge in [0.25, 0.3) is 5.91 Å². The zero-order valence-electron chi connectivity index (χ0n) is 20.3. The normalized spacial score (nSPS) is 14.6. The molecular weight excluding hydrogens is 462 g/mol. The van der Waals surface area contributed by atoms with Crippen molar-refractivity contribution in [1.82, 2.24) is 5.32 Å². The maximum Gasteiger partial charge on any atom is 0.265 e. The van der Waals surface area contributed by atoms with Crippen LogP contribution < -0.4 is 15.0 Å². The second-order valence-corrected chi connectivity index (χ2v) is 9.07. The summed E-state index contributed by atoms with van der Waals surface area (Å²) in [6, 6.07) is 17.6. The van der Waals surface area contributed by atoms with E-state index < -0.39 is 30.2 Å².